The Hall–Kier alpha value is -2.87. The van der Waals surface area contributed by atoms with Crippen LogP contribution in [0.1, 0.15) is 17.5 Å². The minimum atomic E-state index is -0.312. The summed E-state index contributed by atoms with van der Waals surface area (Å²) >= 11 is 0. The molecule has 0 spiro atoms. The van der Waals surface area contributed by atoms with Crippen LogP contribution in [0.15, 0.2) is 48.5 Å². The molecule has 0 atom stereocenters. The zero-order valence-electron chi connectivity index (χ0n) is 12.6. The first-order chi connectivity index (χ1) is 11.2. The van der Waals surface area contributed by atoms with Gasteiger partial charge in [0.15, 0.2) is 0 Å². The SMILES string of the molecule is N#Cc1ccc(CCC(=O)NCCOc2ccc(F)cc2)cc1. The van der Waals surface area contributed by atoms with Crippen LogP contribution in [0.4, 0.5) is 4.39 Å². The molecule has 118 valence electrons. The maximum absolute atomic E-state index is 12.7. The Morgan fingerprint density at radius 1 is 1.13 bits per heavy atom. The van der Waals surface area contributed by atoms with Crippen molar-refractivity contribution in [1.29, 1.82) is 5.26 Å². The van der Waals surface area contributed by atoms with Crippen molar-refractivity contribution < 1.29 is 13.9 Å². The fourth-order valence-corrected chi connectivity index (χ4v) is 1.98. The Morgan fingerprint density at radius 2 is 1.83 bits per heavy atom. The minimum absolute atomic E-state index is 0.0583. The molecular formula is C18H17FN2O2. The van der Waals surface area contributed by atoms with E-state index in [1.165, 1.54) is 12.1 Å². The predicted octanol–water partition coefficient (Wildman–Crippen LogP) is 2.83. The third-order valence-electron chi connectivity index (χ3n) is 3.23. The number of carbonyl (C=O) groups excluding carboxylic acids is 1. The largest absolute Gasteiger partial charge is 0.492 e. The van der Waals surface area contributed by atoms with Crippen molar-refractivity contribution >= 4 is 5.91 Å². The van der Waals surface area contributed by atoms with Gasteiger partial charge in [-0.25, -0.2) is 4.39 Å². The third-order valence-corrected chi connectivity index (χ3v) is 3.23. The molecule has 0 aromatic heterocycles. The van der Waals surface area contributed by atoms with Crippen LogP contribution in [0.5, 0.6) is 5.75 Å². The summed E-state index contributed by atoms with van der Waals surface area (Å²) in [6.45, 7) is 0.720. The lowest BCUT2D eigenvalue weighted by atomic mass is 10.1. The van der Waals surface area contributed by atoms with Crippen molar-refractivity contribution in [1.82, 2.24) is 5.32 Å². The number of amides is 1. The second-order valence-electron chi connectivity index (χ2n) is 4.96. The summed E-state index contributed by atoms with van der Waals surface area (Å²) in [6, 6.07) is 15.0. The highest BCUT2D eigenvalue weighted by molar-refractivity contribution is 5.76. The molecule has 0 aliphatic heterocycles. The van der Waals surface area contributed by atoms with Gasteiger partial charge in [-0.05, 0) is 48.4 Å². The number of hydrogen-bond donors (Lipinski definition) is 1. The molecule has 2 aromatic carbocycles. The number of nitriles is 1. The van der Waals surface area contributed by atoms with Crippen LogP contribution in [0.25, 0.3) is 0 Å². The Kier molecular flexibility index (Phi) is 6.13. The zero-order valence-corrected chi connectivity index (χ0v) is 12.6. The second kappa shape index (κ2) is 8.54. The molecule has 0 aliphatic rings. The standard InChI is InChI=1S/C18H17FN2O2/c19-16-6-8-17(9-7-16)23-12-11-21-18(22)10-5-14-1-3-15(13-20)4-2-14/h1-4,6-9H,5,10-12H2,(H,21,22). The lowest BCUT2D eigenvalue weighted by Gasteiger charge is -2.08. The highest BCUT2D eigenvalue weighted by Crippen LogP contribution is 2.10. The molecule has 23 heavy (non-hydrogen) atoms. The number of nitrogens with one attached hydrogen (secondary N) is 1. The van der Waals surface area contributed by atoms with Gasteiger partial charge in [-0.2, -0.15) is 5.26 Å². The van der Waals surface area contributed by atoms with E-state index in [4.69, 9.17) is 10.00 Å². The maximum atomic E-state index is 12.7. The van der Waals surface area contributed by atoms with Gasteiger partial charge in [0.25, 0.3) is 0 Å². The third kappa shape index (κ3) is 5.79. The molecule has 0 unspecified atom stereocenters. The molecule has 0 saturated carbocycles. The predicted molar refractivity (Wildman–Crippen MR) is 84.4 cm³/mol. The van der Waals surface area contributed by atoms with Crippen molar-refractivity contribution in [2.24, 2.45) is 0 Å². The highest BCUT2D eigenvalue weighted by Gasteiger charge is 2.02. The Bertz CT molecular complexity index is 676. The van der Waals surface area contributed by atoms with Crippen LogP contribution < -0.4 is 10.1 Å². The van der Waals surface area contributed by atoms with Gasteiger partial charge in [0, 0.05) is 6.42 Å². The highest BCUT2D eigenvalue weighted by atomic mass is 19.1. The first kappa shape index (κ1) is 16.5. The molecule has 1 N–H and O–H groups in total. The number of rotatable bonds is 7. The van der Waals surface area contributed by atoms with Crippen LogP contribution in [0.3, 0.4) is 0 Å². The van der Waals surface area contributed by atoms with Gasteiger partial charge < -0.3 is 10.1 Å². The zero-order chi connectivity index (χ0) is 16.5. The van der Waals surface area contributed by atoms with E-state index < -0.39 is 0 Å². The average Bonchev–Trinajstić information content (AvgIpc) is 2.59. The minimum Gasteiger partial charge on any atom is -0.492 e. The summed E-state index contributed by atoms with van der Waals surface area (Å²) in [5, 5.41) is 11.5. The van der Waals surface area contributed by atoms with Crippen LogP contribution >= 0.6 is 0 Å². The molecule has 2 rings (SSSR count). The number of nitrogens with zero attached hydrogens (tertiary/aromatic N) is 1. The molecule has 0 radical (unpaired) electrons. The summed E-state index contributed by atoms with van der Waals surface area (Å²) in [5.41, 5.74) is 1.62. The number of ether oxygens (including phenoxy) is 1. The monoisotopic (exact) mass is 312 g/mol. The number of carbonyl (C=O) groups is 1. The number of benzene rings is 2. The van der Waals surface area contributed by atoms with E-state index in [2.05, 4.69) is 11.4 Å². The summed E-state index contributed by atoms with van der Waals surface area (Å²) in [7, 11) is 0. The number of halogens is 1. The van der Waals surface area contributed by atoms with Crippen LogP contribution in [0.2, 0.25) is 0 Å². The van der Waals surface area contributed by atoms with Gasteiger partial charge in [-0.15, -0.1) is 0 Å². The molecule has 5 heteroatoms. The van der Waals surface area contributed by atoms with E-state index in [0.717, 1.165) is 5.56 Å². The Morgan fingerprint density at radius 3 is 2.48 bits per heavy atom. The topological polar surface area (TPSA) is 62.1 Å². The van der Waals surface area contributed by atoms with Gasteiger partial charge in [0.2, 0.25) is 5.91 Å². The first-order valence-electron chi connectivity index (χ1n) is 7.31. The smallest absolute Gasteiger partial charge is 0.220 e. The van der Waals surface area contributed by atoms with Gasteiger partial charge in [-0.1, -0.05) is 12.1 Å². The Balaban J connectivity index is 1.63. The van der Waals surface area contributed by atoms with Crippen molar-refractivity contribution in [3.63, 3.8) is 0 Å². The molecule has 0 aliphatic carbocycles. The fraction of sp³-hybridized carbons (Fsp3) is 0.222. The second-order valence-corrected chi connectivity index (χ2v) is 4.96. The lowest BCUT2D eigenvalue weighted by molar-refractivity contribution is -0.121. The van der Waals surface area contributed by atoms with Gasteiger partial charge in [-0.3, -0.25) is 4.79 Å². The normalized spacial score (nSPS) is 9.91. The Labute approximate surface area is 134 Å². The molecule has 2 aromatic rings. The van der Waals surface area contributed by atoms with Crippen molar-refractivity contribution in [3.05, 3.63) is 65.5 Å². The average molecular weight is 312 g/mol. The van der Waals surface area contributed by atoms with Crippen molar-refractivity contribution in [2.75, 3.05) is 13.2 Å². The first-order valence-corrected chi connectivity index (χ1v) is 7.31. The molecule has 4 nitrogen and oxygen atoms in total. The summed E-state index contributed by atoms with van der Waals surface area (Å²) < 4.78 is 18.1. The molecule has 0 bridgehead atoms. The summed E-state index contributed by atoms with van der Waals surface area (Å²) in [6.07, 6.45) is 0.999. The lowest BCUT2D eigenvalue weighted by Crippen LogP contribution is -2.28. The van der Waals surface area contributed by atoms with E-state index in [0.29, 0.717) is 37.3 Å². The van der Waals surface area contributed by atoms with E-state index >= 15 is 0 Å². The van der Waals surface area contributed by atoms with E-state index in [9.17, 15) is 9.18 Å². The summed E-state index contributed by atoms with van der Waals surface area (Å²) in [5.74, 6) is 0.198. The van der Waals surface area contributed by atoms with E-state index in [1.807, 2.05) is 12.1 Å². The summed E-state index contributed by atoms with van der Waals surface area (Å²) in [4.78, 5) is 11.7. The van der Waals surface area contributed by atoms with Gasteiger partial charge >= 0.3 is 0 Å². The molecule has 0 fully saturated rings. The molecule has 0 saturated heterocycles. The number of hydrogen-bond acceptors (Lipinski definition) is 3. The van der Waals surface area contributed by atoms with Crippen LogP contribution in [0, 0.1) is 17.1 Å². The van der Waals surface area contributed by atoms with Crippen molar-refractivity contribution in [3.8, 4) is 11.8 Å². The van der Waals surface area contributed by atoms with E-state index in [1.54, 1.807) is 24.3 Å². The van der Waals surface area contributed by atoms with Crippen molar-refractivity contribution in [2.45, 2.75) is 12.8 Å². The molecule has 0 heterocycles. The van der Waals surface area contributed by atoms with Gasteiger partial charge in [0.05, 0.1) is 18.2 Å². The molecular weight excluding hydrogens is 295 g/mol. The van der Waals surface area contributed by atoms with Gasteiger partial charge in [0.1, 0.15) is 18.2 Å². The van der Waals surface area contributed by atoms with Crippen LogP contribution in [-0.4, -0.2) is 19.1 Å². The maximum Gasteiger partial charge on any atom is 0.220 e. The number of aryl methyl sites for hydroxylation is 1. The molecule has 1 amide bonds. The fourth-order valence-electron chi connectivity index (χ4n) is 1.98. The van der Waals surface area contributed by atoms with E-state index in [-0.39, 0.29) is 11.7 Å². The van der Waals surface area contributed by atoms with Crippen LogP contribution in [-0.2, 0) is 11.2 Å². The quantitative estimate of drug-likeness (QED) is 0.800.